The number of hydrogen-bond acceptors (Lipinski definition) is 2. The fourth-order valence-electron chi connectivity index (χ4n) is 3.60. The zero-order valence-electron chi connectivity index (χ0n) is 11.8. The summed E-state index contributed by atoms with van der Waals surface area (Å²) in [5.74, 6) is 0.707. The van der Waals surface area contributed by atoms with E-state index in [1.54, 1.807) is 0 Å². The molecule has 2 aromatic rings. The molecule has 1 atom stereocenters. The molecule has 0 aromatic carbocycles. The summed E-state index contributed by atoms with van der Waals surface area (Å²) in [5, 5.41) is 3.24. The van der Waals surface area contributed by atoms with Gasteiger partial charge in [0.05, 0.1) is 4.60 Å². The maximum absolute atomic E-state index is 12.5. The fourth-order valence-corrected chi connectivity index (χ4v) is 4.05. The van der Waals surface area contributed by atoms with Gasteiger partial charge in [0, 0.05) is 29.9 Å². The maximum atomic E-state index is 12.5. The molecular formula is C16H18BrN3O. The first kappa shape index (κ1) is 13.3. The largest absolute Gasteiger partial charge is 0.348 e. The van der Waals surface area contributed by atoms with Crippen LogP contribution in [0.4, 0.5) is 0 Å². The van der Waals surface area contributed by atoms with Gasteiger partial charge in [-0.15, -0.1) is 0 Å². The van der Waals surface area contributed by atoms with Gasteiger partial charge in [-0.1, -0.05) is 0 Å². The summed E-state index contributed by atoms with van der Waals surface area (Å²) in [6.45, 7) is 3.40. The standard InChI is InChI=1S/C16H18BrN3O/c17-15-2-1-13-9-12(5-8-20(13)15)16(21)18-14-10-19-6-3-11(14)4-7-19/h1-2,5,8-9,11,14H,3-4,6-7,10H2,(H,18,21). The normalized spacial score (nSPS) is 28.0. The van der Waals surface area contributed by atoms with Crippen molar-refractivity contribution in [2.24, 2.45) is 5.92 Å². The lowest BCUT2D eigenvalue weighted by Gasteiger charge is -2.44. The zero-order valence-corrected chi connectivity index (χ0v) is 13.3. The minimum Gasteiger partial charge on any atom is -0.348 e. The second kappa shape index (κ2) is 5.14. The van der Waals surface area contributed by atoms with Gasteiger partial charge in [-0.2, -0.15) is 0 Å². The molecule has 5 heteroatoms. The summed E-state index contributed by atoms with van der Waals surface area (Å²) >= 11 is 3.49. The number of piperidine rings is 3. The second-order valence-electron chi connectivity index (χ2n) is 6.08. The van der Waals surface area contributed by atoms with Crippen LogP contribution in [0.2, 0.25) is 0 Å². The summed E-state index contributed by atoms with van der Waals surface area (Å²) in [6, 6.07) is 8.14. The number of halogens is 1. The first-order valence-electron chi connectivity index (χ1n) is 7.50. The molecule has 5 rings (SSSR count). The Morgan fingerprint density at radius 2 is 2.05 bits per heavy atom. The number of carbonyl (C=O) groups is 1. The number of pyridine rings is 1. The predicted octanol–water partition coefficient (Wildman–Crippen LogP) is 2.53. The summed E-state index contributed by atoms with van der Waals surface area (Å²) in [6.07, 6.45) is 4.37. The van der Waals surface area contributed by atoms with Crippen LogP contribution in [0.25, 0.3) is 5.52 Å². The lowest BCUT2D eigenvalue weighted by atomic mass is 9.84. The first-order valence-corrected chi connectivity index (χ1v) is 8.30. The van der Waals surface area contributed by atoms with Crippen molar-refractivity contribution in [1.29, 1.82) is 0 Å². The number of amides is 1. The third kappa shape index (κ3) is 2.38. The van der Waals surface area contributed by atoms with Gasteiger partial charge in [0.15, 0.2) is 0 Å². The first-order chi connectivity index (χ1) is 10.2. The average Bonchev–Trinajstić information content (AvgIpc) is 2.89. The number of nitrogens with one attached hydrogen (secondary N) is 1. The number of fused-ring (bicyclic) bond motifs is 4. The van der Waals surface area contributed by atoms with E-state index in [9.17, 15) is 4.79 Å². The molecule has 1 amide bonds. The molecule has 3 saturated heterocycles. The van der Waals surface area contributed by atoms with Gasteiger partial charge in [0.1, 0.15) is 0 Å². The van der Waals surface area contributed by atoms with Crippen molar-refractivity contribution in [1.82, 2.24) is 14.6 Å². The minimum absolute atomic E-state index is 0.0496. The summed E-state index contributed by atoms with van der Waals surface area (Å²) in [5.41, 5.74) is 1.77. The zero-order chi connectivity index (χ0) is 14.4. The Hall–Kier alpha value is -1.33. The molecule has 2 aromatic heterocycles. The lowest BCUT2D eigenvalue weighted by molar-refractivity contribution is 0.0620. The van der Waals surface area contributed by atoms with Gasteiger partial charge in [0.2, 0.25) is 0 Å². The van der Waals surface area contributed by atoms with E-state index >= 15 is 0 Å². The summed E-state index contributed by atoms with van der Waals surface area (Å²) in [4.78, 5) is 14.9. The van der Waals surface area contributed by atoms with E-state index in [-0.39, 0.29) is 5.91 Å². The molecule has 3 aliphatic rings. The molecule has 0 aliphatic carbocycles. The van der Waals surface area contributed by atoms with Crippen LogP contribution in [0, 0.1) is 5.92 Å². The maximum Gasteiger partial charge on any atom is 0.251 e. The Labute approximate surface area is 132 Å². The Morgan fingerprint density at radius 3 is 2.76 bits per heavy atom. The van der Waals surface area contributed by atoms with Crippen molar-refractivity contribution in [3.63, 3.8) is 0 Å². The van der Waals surface area contributed by atoms with Crippen molar-refractivity contribution in [2.75, 3.05) is 19.6 Å². The Kier molecular flexibility index (Phi) is 3.27. The van der Waals surface area contributed by atoms with Crippen LogP contribution in [-0.2, 0) is 0 Å². The van der Waals surface area contributed by atoms with E-state index in [4.69, 9.17) is 0 Å². The van der Waals surface area contributed by atoms with Gasteiger partial charge in [-0.05, 0) is 72.0 Å². The lowest BCUT2D eigenvalue weighted by Crippen LogP contribution is -2.57. The highest BCUT2D eigenvalue weighted by Crippen LogP contribution is 2.27. The van der Waals surface area contributed by atoms with Crippen LogP contribution in [0.3, 0.4) is 0 Å². The molecule has 110 valence electrons. The summed E-state index contributed by atoms with van der Waals surface area (Å²) < 4.78 is 3.02. The number of hydrogen-bond donors (Lipinski definition) is 1. The van der Waals surface area contributed by atoms with Gasteiger partial charge in [0.25, 0.3) is 5.91 Å². The van der Waals surface area contributed by atoms with E-state index in [0.29, 0.717) is 12.0 Å². The molecule has 1 N–H and O–H groups in total. The Morgan fingerprint density at radius 1 is 1.24 bits per heavy atom. The molecule has 1 unspecified atom stereocenters. The average molecular weight is 348 g/mol. The topological polar surface area (TPSA) is 36.8 Å². The van der Waals surface area contributed by atoms with Crippen LogP contribution in [0.1, 0.15) is 23.2 Å². The third-order valence-electron chi connectivity index (χ3n) is 4.84. The van der Waals surface area contributed by atoms with Crippen molar-refractivity contribution >= 4 is 27.4 Å². The van der Waals surface area contributed by atoms with Gasteiger partial charge in [-0.3, -0.25) is 4.79 Å². The van der Waals surface area contributed by atoms with Crippen LogP contribution in [-0.4, -0.2) is 40.9 Å². The quantitative estimate of drug-likeness (QED) is 0.906. The SMILES string of the molecule is O=C(NC1CN2CCC1CC2)c1ccn2c(Br)ccc2c1. The molecular weight excluding hydrogens is 330 g/mol. The van der Waals surface area contributed by atoms with Crippen molar-refractivity contribution < 1.29 is 4.79 Å². The van der Waals surface area contributed by atoms with Crippen LogP contribution in [0.5, 0.6) is 0 Å². The highest BCUT2D eigenvalue weighted by atomic mass is 79.9. The molecule has 3 aliphatic heterocycles. The van der Waals surface area contributed by atoms with Crippen molar-refractivity contribution in [2.45, 2.75) is 18.9 Å². The number of rotatable bonds is 2. The fraction of sp³-hybridized carbons (Fsp3) is 0.438. The Bertz CT molecular complexity index is 688. The van der Waals surface area contributed by atoms with E-state index in [2.05, 4.69) is 26.1 Å². The van der Waals surface area contributed by atoms with E-state index in [0.717, 1.165) is 22.2 Å². The number of nitrogens with zero attached hydrogens (tertiary/aromatic N) is 2. The molecule has 21 heavy (non-hydrogen) atoms. The van der Waals surface area contributed by atoms with Gasteiger partial charge >= 0.3 is 0 Å². The highest BCUT2D eigenvalue weighted by molar-refractivity contribution is 9.10. The van der Waals surface area contributed by atoms with E-state index < -0.39 is 0 Å². The predicted molar refractivity (Wildman–Crippen MR) is 85.5 cm³/mol. The number of aromatic nitrogens is 1. The van der Waals surface area contributed by atoms with Crippen molar-refractivity contribution in [3.8, 4) is 0 Å². The number of carbonyl (C=O) groups excluding carboxylic acids is 1. The van der Waals surface area contributed by atoms with Crippen LogP contribution < -0.4 is 5.32 Å². The molecule has 3 fully saturated rings. The molecule has 0 radical (unpaired) electrons. The van der Waals surface area contributed by atoms with Gasteiger partial charge in [-0.25, -0.2) is 0 Å². The smallest absolute Gasteiger partial charge is 0.251 e. The Balaban J connectivity index is 1.53. The van der Waals surface area contributed by atoms with E-state index in [1.165, 1.54) is 25.9 Å². The molecule has 0 saturated carbocycles. The van der Waals surface area contributed by atoms with Gasteiger partial charge < -0.3 is 14.6 Å². The molecule has 0 spiro atoms. The minimum atomic E-state index is 0.0496. The molecule has 2 bridgehead atoms. The molecule has 5 heterocycles. The second-order valence-corrected chi connectivity index (χ2v) is 6.90. The van der Waals surface area contributed by atoms with Crippen molar-refractivity contribution in [3.05, 3.63) is 40.6 Å². The van der Waals surface area contributed by atoms with Crippen LogP contribution in [0.15, 0.2) is 35.1 Å². The third-order valence-corrected chi connectivity index (χ3v) is 5.49. The van der Waals surface area contributed by atoms with Crippen LogP contribution >= 0.6 is 15.9 Å². The highest BCUT2D eigenvalue weighted by Gasteiger charge is 2.34. The molecule has 4 nitrogen and oxygen atoms in total. The summed E-state index contributed by atoms with van der Waals surface area (Å²) in [7, 11) is 0. The van der Waals surface area contributed by atoms with E-state index in [1.807, 2.05) is 34.9 Å². The monoisotopic (exact) mass is 347 g/mol.